The Kier molecular flexibility index (Phi) is 2.69. The number of sulfone groups is 1. The van der Waals surface area contributed by atoms with Crippen molar-refractivity contribution in [1.29, 1.82) is 5.26 Å². The normalized spacial score (nSPS) is 11.1. The van der Waals surface area contributed by atoms with Crippen LogP contribution in [0, 0.1) is 18.3 Å². The Hall–Kier alpha value is -2.13. The minimum atomic E-state index is -3.73. The number of aryl methyl sites for hydroxylation is 1. The van der Waals surface area contributed by atoms with E-state index in [2.05, 4.69) is 10.2 Å². The van der Waals surface area contributed by atoms with Crippen molar-refractivity contribution in [2.75, 3.05) is 0 Å². The molecule has 0 saturated heterocycles. The minimum absolute atomic E-state index is 0.0638. The van der Waals surface area contributed by atoms with Gasteiger partial charge in [0.05, 0.1) is 10.6 Å². The largest absolute Gasteiger partial charge is 0.280 e. The van der Waals surface area contributed by atoms with E-state index in [9.17, 15) is 8.42 Å². The monoisotopic (exact) mass is 247 g/mol. The summed E-state index contributed by atoms with van der Waals surface area (Å²) in [7, 11) is -3.73. The number of rotatable bonds is 2. The third-order valence-corrected chi connectivity index (χ3v) is 4.03. The molecule has 86 valence electrons. The molecule has 0 fully saturated rings. The second kappa shape index (κ2) is 4.03. The van der Waals surface area contributed by atoms with Crippen LogP contribution in [0.3, 0.4) is 0 Å². The maximum Gasteiger partial charge on any atom is 0.227 e. The van der Waals surface area contributed by atoms with Gasteiger partial charge in [0.2, 0.25) is 9.84 Å². The number of nitrogens with one attached hydrogen (secondary N) is 1. The quantitative estimate of drug-likeness (QED) is 0.869. The predicted molar refractivity (Wildman–Crippen MR) is 59.9 cm³/mol. The Morgan fingerprint density at radius 2 is 1.94 bits per heavy atom. The fourth-order valence-electron chi connectivity index (χ4n) is 1.44. The van der Waals surface area contributed by atoms with Crippen LogP contribution in [0.5, 0.6) is 0 Å². The Bertz CT molecular complexity index is 681. The van der Waals surface area contributed by atoms with E-state index in [0.717, 1.165) is 0 Å². The summed E-state index contributed by atoms with van der Waals surface area (Å²) in [6, 6.07) is 9.76. The number of nitriles is 1. The highest BCUT2D eigenvalue weighted by atomic mass is 32.2. The zero-order valence-corrected chi connectivity index (χ0v) is 9.82. The van der Waals surface area contributed by atoms with Gasteiger partial charge >= 0.3 is 0 Å². The van der Waals surface area contributed by atoms with Gasteiger partial charge in [-0.2, -0.15) is 10.4 Å². The molecule has 0 saturated carbocycles. The minimum Gasteiger partial charge on any atom is -0.280 e. The molecule has 5 nitrogen and oxygen atoms in total. The summed E-state index contributed by atoms with van der Waals surface area (Å²) in [6.45, 7) is 1.61. The SMILES string of the molecule is Cc1[nH]nc(S(=O)(=O)c2ccccc2)c1C#N. The van der Waals surface area contributed by atoms with Gasteiger partial charge in [-0.05, 0) is 19.1 Å². The summed E-state index contributed by atoms with van der Waals surface area (Å²) in [5.41, 5.74) is 0.510. The van der Waals surface area contributed by atoms with Crippen LogP contribution in [-0.2, 0) is 9.84 Å². The second-order valence-corrected chi connectivity index (χ2v) is 5.32. The number of aromatic nitrogens is 2. The first-order valence-corrected chi connectivity index (χ1v) is 6.31. The third-order valence-electron chi connectivity index (χ3n) is 2.33. The van der Waals surface area contributed by atoms with Crippen LogP contribution in [0.25, 0.3) is 0 Å². The molecule has 0 unspecified atom stereocenters. The zero-order valence-electron chi connectivity index (χ0n) is 9.01. The highest BCUT2D eigenvalue weighted by molar-refractivity contribution is 7.91. The molecule has 17 heavy (non-hydrogen) atoms. The molecule has 0 aliphatic carbocycles. The molecule has 2 aromatic rings. The van der Waals surface area contributed by atoms with Crippen molar-refractivity contribution in [2.45, 2.75) is 16.8 Å². The fourth-order valence-corrected chi connectivity index (χ4v) is 2.82. The second-order valence-electron chi connectivity index (χ2n) is 3.46. The number of benzene rings is 1. The van der Waals surface area contributed by atoms with E-state index >= 15 is 0 Å². The number of hydrogen-bond donors (Lipinski definition) is 1. The number of hydrogen-bond acceptors (Lipinski definition) is 4. The maximum atomic E-state index is 12.2. The van der Waals surface area contributed by atoms with Gasteiger partial charge < -0.3 is 0 Å². The Morgan fingerprint density at radius 1 is 1.29 bits per heavy atom. The summed E-state index contributed by atoms with van der Waals surface area (Å²) >= 11 is 0. The van der Waals surface area contributed by atoms with Gasteiger partial charge in [-0.3, -0.25) is 5.10 Å². The average Bonchev–Trinajstić information content (AvgIpc) is 2.72. The Labute approximate surface area is 98.6 Å². The number of aromatic amines is 1. The summed E-state index contributed by atoms with van der Waals surface area (Å²) in [6.07, 6.45) is 0. The first kappa shape index (κ1) is 11.4. The highest BCUT2D eigenvalue weighted by Gasteiger charge is 2.25. The van der Waals surface area contributed by atoms with Crippen LogP contribution in [0.1, 0.15) is 11.3 Å². The van der Waals surface area contributed by atoms with E-state index in [1.54, 1.807) is 25.1 Å². The summed E-state index contributed by atoms with van der Waals surface area (Å²) in [5.74, 6) is 0. The molecule has 0 spiro atoms. The lowest BCUT2D eigenvalue weighted by Crippen LogP contribution is -2.04. The zero-order chi connectivity index (χ0) is 12.5. The van der Waals surface area contributed by atoms with Gasteiger partial charge in [-0.1, -0.05) is 18.2 Å². The molecular weight excluding hydrogens is 238 g/mol. The van der Waals surface area contributed by atoms with Crippen LogP contribution < -0.4 is 0 Å². The molecule has 1 aromatic heterocycles. The maximum absolute atomic E-state index is 12.2. The van der Waals surface area contributed by atoms with Gasteiger partial charge in [0.15, 0.2) is 5.03 Å². The standard InChI is InChI=1S/C11H9N3O2S/c1-8-10(7-12)11(14-13-8)17(15,16)9-5-3-2-4-6-9/h2-6H,1H3,(H,13,14). The van der Waals surface area contributed by atoms with E-state index < -0.39 is 9.84 Å². The van der Waals surface area contributed by atoms with Crippen molar-refractivity contribution >= 4 is 9.84 Å². The molecule has 0 aliphatic heterocycles. The Balaban J connectivity index is 2.66. The van der Waals surface area contributed by atoms with Crippen LogP contribution in [0.15, 0.2) is 40.3 Å². The van der Waals surface area contributed by atoms with Gasteiger partial charge in [0, 0.05) is 0 Å². The van der Waals surface area contributed by atoms with Crippen molar-refractivity contribution in [1.82, 2.24) is 10.2 Å². The fraction of sp³-hybridized carbons (Fsp3) is 0.0909. The van der Waals surface area contributed by atoms with Gasteiger partial charge in [0.25, 0.3) is 0 Å². The lowest BCUT2D eigenvalue weighted by atomic mass is 10.3. The third kappa shape index (κ3) is 1.81. The molecule has 1 heterocycles. The summed E-state index contributed by atoms with van der Waals surface area (Å²) in [5, 5.41) is 14.9. The van der Waals surface area contributed by atoms with Crippen molar-refractivity contribution < 1.29 is 8.42 Å². The van der Waals surface area contributed by atoms with E-state index in [1.807, 2.05) is 6.07 Å². The summed E-state index contributed by atoms with van der Waals surface area (Å²) < 4.78 is 24.4. The van der Waals surface area contributed by atoms with Crippen LogP contribution in [-0.4, -0.2) is 18.6 Å². The van der Waals surface area contributed by atoms with Crippen molar-refractivity contribution in [3.05, 3.63) is 41.6 Å². The van der Waals surface area contributed by atoms with Gasteiger partial charge in [-0.25, -0.2) is 8.42 Å². The lowest BCUT2D eigenvalue weighted by Gasteiger charge is -2.00. The van der Waals surface area contributed by atoms with Crippen molar-refractivity contribution in [2.24, 2.45) is 0 Å². The van der Waals surface area contributed by atoms with Crippen molar-refractivity contribution in [3.8, 4) is 6.07 Å². The first-order chi connectivity index (χ1) is 8.07. The molecular formula is C11H9N3O2S. The topological polar surface area (TPSA) is 86.6 Å². The molecule has 0 amide bonds. The van der Waals surface area contributed by atoms with E-state index in [-0.39, 0.29) is 15.5 Å². The molecule has 1 aromatic carbocycles. The van der Waals surface area contributed by atoms with E-state index in [0.29, 0.717) is 5.69 Å². The van der Waals surface area contributed by atoms with Crippen LogP contribution >= 0.6 is 0 Å². The number of nitrogens with zero attached hydrogens (tertiary/aromatic N) is 2. The van der Waals surface area contributed by atoms with Gasteiger partial charge in [0.1, 0.15) is 11.6 Å². The molecule has 1 N–H and O–H groups in total. The van der Waals surface area contributed by atoms with E-state index in [1.165, 1.54) is 12.1 Å². The summed E-state index contributed by atoms with van der Waals surface area (Å²) in [4.78, 5) is 0.128. The molecule has 2 rings (SSSR count). The molecule has 0 radical (unpaired) electrons. The number of H-pyrrole nitrogens is 1. The average molecular weight is 247 g/mol. The highest BCUT2D eigenvalue weighted by Crippen LogP contribution is 2.22. The molecule has 6 heteroatoms. The lowest BCUT2D eigenvalue weighted by molar-refractivity contribution is 0.591. The van der Waals surface area contributed by atoms with Crippen molar-refractivity contribution in [3.63, 3.8) is 0 Å². The first-order valence-electron chi connectivity index (χ1n) is 4.82. The molecule has 0 aliphatic rings. The predicted octanol–water partition coefficient (Wildman–Crippen LogP) is 1.42. The van der Waals surface area contributed by atoms with Crippen LogP contribution in [0.2, 0.25) is 0 Å². The Morgan fingerprint density at radius 3 is 2.53 bits per heavy atom. The van der Waals surface area contributed by atoms with Gasteiger partial charge in [-0.15, -0.1) is 0 Å². The van der Waals surface area contributed by atoms with E-state index in [4.69, 9.17) is 5.26 Å². The van der Waals surface area contributed by atoms with Crippen LogP contribution in [0.4, 0.5) is 0 Å². The molecule has 0 bridgehead atoms. The smallest absolute Gasteiger partial charge is 0.227 e. The molecule has 0 atom stereocenters.